The maximum atomic E-state index is 11.8. The molecule has 0 aliphatic heterocycles. The van der Waals surface area contributed by atoms with Crippen LogP contribution >= 0.6 is 0 Å². The van der Waals surface area contributed by atoms with Crippen LogP contribution in [0.15, 0.2) is 24.5 Å². The van der Waals surface area contributed by atoms with Crippen LogP contribution in [-0.4, -0.2) is 37.6 Å². The molecule has 7 nitrogen and oxygen atoms in total. The quantitative estimate of drug-likeness (QED) is 0.851. The van der Waals surface area contributed by atoms with Gasteiger partial charge < -0.3 is 5.32 Å². The van der Waals surface area contributed by atoms with Crippen molar-refractivity contribution in [2.75, 3.05) is 6.54 Å². The number of rotatable bonds is 5. The molecular weight excluding hydrogens is 244 g/mol. The van der Waals surface area contributed by atoms with E-state index in [1.54, 1.807) is 23.0 Å². The molecule has 2 aromatic rings. The second-order valence-corrected chi connectivity index (χ2v) is 4.38. The molecule has 0 aliphatic carbocycles. The maximum absolute atomic E-state index is 11.8. The van der Waals surface area contributed by atoms with Gasteiger partial charge in [-0.15, -0.1) is 5.10 Å². The molecule has 2 rings (SSSR count). The largest absolute Gasteiger partial charge is 0.352 e. The van der Waals surface area contributed by atoms with Crippen molar-refractivity contribution in [2.24, 2.45) is 0 Å². The van der Waals surface area contributed by atoms with Gasteiger partial charge in [0.05, 0.1) is 11.6 Å². The molecule has 0 radical (unpaired) electrons. The van der Waals surface area contributed by atoms with Crippen molar-refractivity contribution in [3.63, 3.8) is 0 Å². The first-order valence-electron chi connectivity index (χ1n) is 6.13. The van der Waals surface area contributed by atoms with E-state index in [1.165, 1.54) is 6.20 Å². The lowest BCUT2D eigenvalue weighted by molar-refractivity contribution is 0.0953. The SMILES string of the molecule is CC(C)n1nnnc1CCNC(=O)c1cccnc1. The summed E-state index contributed by atoms with van der Waals surface area (Å²) in [6, 6.07) is 3.66. The fourth-order valence-corrected chi connectivity index (χ4v) is 1.67. The Morgan fingerprint density at radius 1 is 1.47 bits per heavy atom. The highest BCUT2D eigenvalue weighted by Gasteiger charge is 2.10. The fourth-order valence-electron chi connectivity index (χ4n) is 1.67. The van der Waals surface area contributed by atoms with E-state index in [9.17, 15) is 4.79 Å². The Balaban J connectivity index is 1.87. The van der Waals surface area contributed by atoms with Gasteiger partial charge in [-0.1, -0.05) is 0 Å². The summed E-state index contributed by atoms with van der Waals surface area (Å²) in [7, 11) is 0. The Bertz CT molecular complexity index is 536. The lowest BCUT2D eigenvalue weighted by Crippen LogP contribution is -2.26. The molecule has 7 heteroatoms. The van der Waals surface area contributed by atoms with Crippen LogP contribution in [0.5, 0.6) is 0 Å². The molecule has 100 valence electrons. The average molecular weight is 260 g/mol. The zero-order valence-electron chi connectivity index (χ0n) is 10.9. The van der Waals surface area contributed by atoms with Crippen molar-refractivity contribution < 1.29 is 4.79 Å². The van der Waals surface area contributed by atoms with Gasteiger partial charge in [0, 0.05) is 25.4 Å². The number of hydrogen-bond donors (Lipinski definition) is 1. The van der Waals surface area contributed by atoms with Gasteiger partial charge in [0.1, 0.15) is 0 Å². The molecule has 0 bridgehead atoms. The Labute approximate surface area is 111 Å². The molecule has 1 N–H and O–H groups in total. The molecule has 0 aromatic carbocycles. The Morgan fingerprint density at radius 2 is 2.32 bits per heavy atom. The topological polar surface area (TPSA) is 85.6 Å². The number of nitrogens with one attached hydrogen (secondary N) is 1. The summed E-state index contributed by atoms with van der Waals surface area (Å²) in [4.78, 5) is 15.7. The van der Waals surface area contributed by atoms with Gasteiger partial charge in [0.25, 0.3) is 5.91 Å². The number of carbonyl (C=O) groups is 1. The van der Waals surface area contributed by atoms with Crippen molar-refractivity contribution in [2.45, 2.75) is 26.3 Å². The van der Waals surface area contributed by atoms with Crippen molar-refractivity contribution in [3.8, 4) is 0 Å². The van der Waals surface area contributed by atoms with Crippen LogP contribution in [0.1, 0.15) is 36.1 Å². The highest BCUT2D eigenvalue weighted by molar-refractivity contribution is 5.93. The standard InChI is InChI=1S/C12H16N6O/c1-9(2)18-11(15-16-17-18)5-7-14-12(19)10-4-3-6-13-8-10/h3-4,6,8-9H,5,7H2,1-2H3,(H,14,19). The molecule has 2 aromatic heterocycles. The molecule has 0 unspecified atom stereocenters. The third-order valence-electron chi connectivity index (χ3n) is 2.61. The Morgan fingerprint density at radius 3 is 3.00 bits per heavy atom. The molecule has 0 atom stereocenters. The average Bonchev–Trinajstić information content (AvgIpc) is 2.88. The van der Waals surface area contributed by atoms with Crippen LogP contribution in [0, 0.1) is 0 Å². The molecule has 19 heavy (non-hydrogen) atoms. The third kappa shape index (κ3) is 3.34. The summed E-state index contributed by atoms with van der Waals surface area (Å²) in [5.74, 6) is 0.623. The number of carbonyl (C=O) groups excluding carboxylic acids is 1. The smallest absolute Gasteiger partial charge is 0.252 e. The Kier molecular flexibility index (Phi) is 4.17. The van der Waals surface area contributed by atoms with Crippen LogP contribution in [-0.2, 0) is 6.42 Å². The second-order valence-electron chi connectivity index (χ2n) is 4.38. The third-order valence-corrected chi connectivity index (χ3v) is 2.61. The summed E-state index contributed by atoms with van der Waals surface area (Å²) < 4.78 is 1.75. The number of nitrogens with zero attached hydrogens (tertiary/aromatic N) is 5. The number of tetrazole rings is 1. The fraction of sp³-hybridized carbons (Fsp3) is 0.417. The molecule has 2 heterocycles. The summed E-state index contributed by atoms with van der Waals surface area (Å²) >= 11 is 0. The number of hydrogen-bond acceptors (Lipinski definition) is 5. The van der Waals surface area contributed by atoms with E-state index in [0.717, 1.165) is 5.82 Å². The van der Waals surface area contributed by atoms with E-state index in [-0.39, 0.29) is 11.9 Å². The molecule has 0 spiro atoms. The summed E-state index contributed by atoms with van der Waals surface area (Å²) in [6.45, 7) is 4.50. The Hall–Kier alpha value is -2.31. The number of pyridine rings is 1. The predicted octanol–water partition coefficient (Wildman–Crippen LogP) is 0.621. The van der Waals surface area contributed by atoms with E-state index in [0.29, 0.717) is 18.5 Å². The minimum atomic E-state index is -0.142. The van der Waals surface area contributed by atoms with Gasteiger partial charge in [0.2, 0.25) is 0 Å². The minimum Gasteiger partial charge on any atom is -0.352 e. The molecule has 0 aliphatic rings. The van der Waals surface area contributed by atoms with Gasteiger partial charge in [-0.05, 0) is 36.4 Å². The van der Waals surface area contributed by atoms with Gasteiger partial charge in [-0.3, -0.25) is 9.78 Å². The summed E-state index contributed by atoms with van der Waals surface area (Å²) in [5, 5.41) is 14.3. The molecule has 0 saturated heterocycles. The first kappa shape index (κ1) is 13.1. The lowest BCUT2D eigenvalue weighted by Gasteiger charge is -2.08. The van der Waals surface area contributed by atoms with Gasteiger partial charge in [0.15, 0.2) is 5.82 Å². The number of amides is 1. The van der Waals surface area contributed by atoms with E-state index < -0.39 is 0 Å². The van der Waals surface area contributed by atoms with Crippen LogP contribution in [0.3, 0.4) is 0 Å². The van der Waals surface area contributed by atoms with Crippen LogP contribution in [0.2, 0.25) is 0 Å². The second kappa shape index (κ2) is 6.03. The van der Waals surface area contributed by atoms with E-state index in [2.05, 4.69) is 25.8 Å². The minimum absolute atomic E-state index is 0.142. The highest BCUT2D eigenvalue weighted by Crippen LogP contribution is 2.04. The monoisotopic (exact) mass is 260 g/mol. The molecular formula is C12H16N6O. The first-order valence-corrected chi connectivity index (χ1v) is 6.13. The van der Waals surface area contributed by atoms with Crippen molar-refractivity contribution in [1.82, 2.24) is 30.5 Å². The maximum Gasteiger partial charge on any atom is 0.252 e. The summed E-state index contributed by atoms with van der Waals surface area (Å²) in [6.07, 6.45) is 3.76. The molecule has 0 fully saturated rings. The normalized spacial score (nSPS) is 10.7. The van der Waals surface area contributed by atoms with E-state index >= 15 is 0 Å². The van der Waals surface area contributed by atoms with E-state index in [4.69, 9.17) is 0 Å². The zero-order chi connectivity index (χ0) is 13.7. The van der Waals surface area contributed by atoms with Crippen LogP contribution < -0.4 is 5.32 Å². The van der Waals surface area contributed by atoms with Gasteiger partial charge >= 0.3 is 0 Å². The molecule has 1 amide bonds. The van der Waals surface area contributed by atoms with Crippen molar-refractivity contribution in [1.29, 1.82) is 0 Å². The van der Waals surface area contributed by atoms with Crippen LogP contribution in [0.4, 0.5) is 0 Å². The predicted molar refractivity (Wildman–Crippen MR) is 68.5 cm³/mol. The van der Waals surface area contributed by atoms with Gasteiger partial charge in [-0.25, -0.2) is 4.68 Å². The van der Waals surface area contributed by atoms with Crippen molar-refractivity contribution in [3.05, 3.63) is 35.9 Å². The number of aromatic nitrogens is 5. The summed E-state index contributed by atoms with van der Waals surface area (Å²) in [5.41, 5.74) is 0.547. The highest BCUT2D eigenvalue weighted by atomic mass is 16.1. The van der Waals surface area contributed by atoms with Gasteiger partial charge in [-0.2, -0.15) is 0 Å². The van der Waals surface area contributed by atoms with Crippen molar-refractivity contribution >= 4 is 5.91 Å². The molecule has 0 saturated carbocycles. The van der Waals surface area contributed by atoms with Crippen LogP contribution in [0.25, 0.3) is 0 Å². The zero-order valence-corrected chi connectivity index (χ0v) is 10.9. The lowest BCUT2D eigenvalue weighted by atomic mass is 10.2. The van der Waals surface area contributed by atoms with E-state index in [1.807, 2.05) is 13.8 Å². The first-order chi connectivity index (χ1) is 9.18.